The molecule has 0 unspecified atom stereocenters. The first-order chi connectivity index (χ1) is 16.8. The molecular weight excluding hydrogens is 466 g/mol. The van der Waals surface area contributed by atoms with E-state index in [1.807, 2.05) is 17.0 Å². The molecule has 2 aromatic carbocycles. The second-order valence-corrected chi connectivity index (χ2v) is 10.9. The fourth-order valence-electron chi connectivity index (χ4n) is 4.75. The van der Waals surface area contributed by atoms with Crippen molar-refractivity contribution in [3.05, 3.63) is 54.1 Å². The number of nitrogens with zero attached hydrogens (tertiary/aromatic N) is 4. The second kappa shape index (κ2) is 11.6. The van der Waals surface area contributed by atoms with Gasteiger partial charge in [-0.15, -0.1) is 0 Å². The zero-order valence-corrected chi connectivity index (χ0v) is 21.6. The number of carbonyl (C=O) groups is 1. The van der Waals surface area contributed by atoms with Gasteiger partial charge in [0.15, 0.2) is 0 Å². The monoisotopic (exact) mass is 502 g/mol. The summed E-state index contributed by atoms with van der Waals surface area (Å²) in [4.78, 5) is 22.5. The third-order valence-corrected chi connectivity index (χ3v) is 7.63. The predicted molar refractivity (Wildman–Crippen MR) is 141 cm³/mol. The van der Waals surface area contributed by atoms with Crippen LogP contribution in [0.15, 0.2) is 53.4 Å². The number of benzene rings is 2. The predicted octanol–water partition coefficient (Wildman–Crippen LogP) is 4.95. The van der Waals surface area contributed by atoms with Gasteiger partial charge >= 0.3 is 0 Å². The summed E-state index contributed by atoms with van der Waals surface area (Å²) in [5.41, 5.74) is 3.57. The van der Waals surface area contributed by atoms with E-state index in [2.05, 4.69) is 45.9 Å². The van der Waals surface area contributed by atoms with Gasteiger partial charge in [0.25, 0.3) is 5.25 Å². The summed E-state index contributed by atoms with van der Waals surface area (Å²) in [5, 5.41) is -2.78. The number of hydrogen-bond donors (Lipinski definition) is 0. The van der Waals surface area contributed by atoms with E-state index in [1.165, 1.54) is 11.3 Å². The number of piperazine rings is 1. The molecule has 0 radical (unpaired) electrons. The second-order valence-electron chi connectivity index (χ2n) is 9.54. The lowest BCUT2D eigenvalue weighted by Gasteiger charge is -2.36. The molecule has 0 N–H and O–H groups in total. The number of carbonyl (C=O) groups excluding carboxylic acids is 1. The van der Waals surface area contributed by atoms with Gasteiger partial charge in [0.2, 0.25) is 5.91 Å². The van der Waals surface area contributed by atoms with Crippen LogP contribution in [-0.2, 0) is 4.79 Å². The molecule has 0 aromatic heterocycles. The summed E-state index contributed by atoms with van der Waals surface area (Å²) in [6, 6.07) is 16.0. The largest absolute Gasteiger partial charge is 0.370 e. The summed E-state index contributed by atoms with van der Waals surface area (Å²) in [6.07, 6.45) is 1.46. The maximum atomic E-state index is 13.2. The van der Waals surface area contributed by atoms with Crippen LogP contribution in [0.2, 0.25) is 0 Å². The van der Waals surface area contributed by atoms with Crippen molar-refractivity contribution >= 4 is 29.0 Å². The average molecular weight is 503 g/mol. The highest BCUT2D eigenvalue weighted by Crippen LogP contribution is 2.35. The van der Waals surface area contributed by atoms with Crippen molar-refractivity contribution in [1.29, 1.82) is 0 Å². The highest BCUT2D eigenvalue weighted by molar-refractivity contribution is 8.00. The fourth-order valence-corrected chi connectivity index (χ4v) is 5.44. The molecule has 190 valence electrons. The Morgan fingerprint density at radius 2 is 1.40 bits per heavy atom. The van der Waals surface area contributed by atoms with E-state index in [-0.39, 0.29) is 5.91 Å². The van der Waals surface area contributed by atoms with E-state index in [0.29, 0.717) is 29.6 Å². The average Bonchev–Trinajstić information content (AvgIpc) is 3.09. The zero-order valence-electron chi connectivity index (χ0n) is 20.8. The van der Waals surface area contributed by atoms with Crippen molar-refractivity contribution in [3.63, 3.8) is 0 Å². The molecule has 0 bridgehead atoms. The van der Waals surface area contributed by atoms with Gasteiger partial charge < -0.3 is 14.7 Å². The van der Waals surface area contributed by atoms with Crippen molar-refractivity contribution in [1.82, 2.24) is 9.80 Å². The number of anilines is 2. The van der Waals surface area contributed by atoms with Crippen LogP contribution in [0.1, 0.15) is 25.3 Å². The molecule has 2 saturated heterocycles. The van der Waals surface area contributed by atoms with Crippen molar-refractivity contribution in [2.75, 3.05) is 68.7 Å². The minimum absolute atomic E-state index is 0.227. The summed E-state index contributed by atoms with van der Waals surface area (Å²) in [7, 11) is 0. The molecule has 0 aliphatic carbocycles. The Kier molecular flexibility index (Phi) is 8.55. The maximum Gasteiger partial charge on any atom is 0.295 e. The number of amides is 1. The number of aryl methyl sites for hydroxylation is 1. The Bertz CT molecular complexity index is 957. The summed E-state index contributed by atoms with van der Waals surface area (Å²) in [5.74, 6) is 0.227. The summed E-state index contributed by atoms with van der Waals surface area (Å²) in [6.45, 7) is 10.9. The Morgan fingerprint density at radius 3 is 2.03 bits per heavy atom. The van der Waals surface area contributed by atoms with Crippen LogP contribution in [0.5, 0.6) is 0 Å². The summed E-state index contributed by atoms with van der Waals surface area (Å²) >= 11 is 0.570. The molecule has 2 heterocycles. The first kappa shape index (κ1) is 25.8. The van der Waals surface area contributed by atoms with Gasteiger partial charge in [-0.05, 0) is 49.7 Å². The Morgan fingerprint density at radius 1 is 0.829 bits per heavy atom. The highest BCUT2D eigenvalue weighted by atomic mass is 32.2. The Balaban J connectivity index is 1.20. The number of thioether (sulfide) groups is 1. The lowest BCUT2D eigenvalue weighted by Crippen LogP contribution is -2.47. The van der Waals surface area contributed by atoms with Gasteiger partial charge in [0.05, 0.1) is 0 Å². The minimum Gasteiger partial charge on any atom is -0.370 e. The quantitative estimate of drug-likeness (QED) is 0.500. The SMILES string of the molecule is Cc1ccc(N2CCN(CCC(=O)N3CCCN(c4ccc(SC(C)(F)F)cc4)CC3)CC2)cc1. The van der Waals surface area contributed by atoms with E-state index < -0.39 is 5.25 Å². The van der Waals surface area contributed by atoms with Crippen molar-refractivity contribution in [2.45, 2.75) is 36.8 Å². The normalized spacial score (nSPS) is 18.0. The Labute approximate surface area is 212 Å². The van der Waals surface area contributed by atoms with Gasteiger partial charge in [-0.2, -0.15) is 8.78 Å². The van der Waals surface area contributed by atoms with Crippen LogP contribution >= 0.6 is 11.8 Å². The molecule has 4 rings (SSSR count). The van der Waals surface area contributed by atoms with Crippen molar-refractivity contribution in [3.8, 4) is 0 Å². The molecule has 0 spiro atoms. The first-order valence-corrected chi connectivity index (χ1v) is 13.3. The molecule has 1 amide bonds. The van der Waals surface area contributed by atoms with Crippen LogP contribution in [0.4, 0.5) is 20.2 Å². The van der Waals surface area contributed by atoms with Crippen LogP contribution in [0.25, 0.3) is 0 Å². The number of alkyl halides is 2. The standard InChI is InChI=1S/C27H36F2N4OS/c1-22-4-6-23(7-5-22)32-18-16-30(17-19-32)15-12-26(34)33-14-3-13-31(20-21-33)24-8-10-25(11-9-24)35-27(2,28)29/h4-11H,3,12-21H2,1-2H3. The van der Waals surface area contributed by atoms with Crippen LogP contribution in [-0.4, -0.2) is 79.9 Å². The van der Waals surface area contributed by atoms with Crippen LogP contribution < -0.4 is 9.80 Å². The molecule has 0 atom stereocenters. The lowest BCUT2D eigenvalue weighted by atomic mass is 10.2. The van der Waals surface area contributed by atoms with Gasteiger partial charge in [-0.1, -0.05) is 29.5 Å². The van der Waals surface area contributed by atoms with Gasteiger partial charge in [0.1, 0.15) is 0 Å². The van der Waals surface area contributed by atoms with E-state index in [4.69, 9.17) is 0 Å². The Hall–Kier alpha value is -2.32. The highest BCUT2D eigenvalue weighted by Gasteiger charge is 2.24. The van der Waals surface area contributed by atoms with Gasteiger partial charge in [-0.3, -0.25) is 9.69 Å². The number of hydrogen-bond acceptors (Lipinski definition) is 5. The molecule has 5 nitrogen and oxygen atoms in total. The third kappa shape index (κ3) is 7.58. The molecule has 2 aliphatic heterocycles. The van der Waals surface area contributed by atoms with E-state index in [0.717, 1.165) is 71.4 Å². The van der Waals surface area contributed by atoms with Crippen LogP contribution in [0, 0.1) is 6.92 Å². The molecule has 2 aliphatic rings. The van der Waals surface area contributed by atoms with Crippen LogP contribution in [0.3, 0.4) is 0 Å². The smallest absolute Gasteiger partial charge is 0.295 e. The fraction of sp³-hybridized carbons (Fsp3) is 0.519. The van der Waals surface area contributed by atoms with E-state index in [1.54, 1.807) is 12.1 Å². The van der Waals surface area contributed by atoms with E-state index >= 15 is 0 Å². The van der Waals surface area contributed by atoms with Crippen molar-refractivity contribution < 1.29 is 13.6 Å². The molecule has 35 heavy (non-hydrogen) atoms. The number of rotatable bonds is 7. The lowest BCUT2D eigenvalue weighted by molar-refractivity contribution is -0.131. The van der Waals surface area contributed by atoms with Gasteiger partial charge in [0, 0.05) is 88.5 Å². The molecule has 0 saturated carbocycles. The third-order valence-electron chi connectivity index (χ3n) is 6.76. The van der Waals surface area contributed by atoms with E-state index in [9.17, 15) is 13.6 Å². The van der Waals surface area contributed by atoms with Gasteiger partial charge in [-0.25, -0.2) is 0 Å². The molecule has 2 aromatic rings. The summed E-state index contributed by atoms with van der Waals surface area (Å²) < 4.78 is 26.5. The zero-order chi connectivity index (χ0) is 24.8. The first-order valence-electron chi connectivity index (χ1n) is 12.5. The number of halogens is 2. The molecular formula is C27H36F2N4OS. The molecule has 2 fully saturated rings. The van der Waals surface area contributed by atoms with Crippen molar-refractivity contribution in [2.24, 2.45) is 0 Å². The molecule has 8 heteroatoms. The minimum atomic E-state index is -2.78. The topological polar surface area (TPSA) is 30.0 Å². The maximum absolute atomic E-state index is 13.2.